The van der Waals surface area contributed by atoms with Crippen LogP contribution in [0.4, 0.5) is 4.39 Å². The number of hydrogen-bond donors (Lipinski definition) is 1. The first-order valence-corrected chi connectivity index (χ1v) is 9.60. The monoisotopic (exact) mass is 378 g/mol. The molecule has 0 saturated carbocycles. The molecule has 2 aliphatic heterocycles. The standard InChI is InChI=1S/C20H27FN2O4/c21-17-5-1-3-15(11-17)12-22-8-2-4-16(13-22)20(26)23-9-6-18(7-10-23)27-14-19(24)25/h1,3,5,11,16,18H,2,4,6-10,12-14H2,(H,24,25). The maximum Gasteiger partial charge on any atom is 0.329 e. The minimum atomic E-state index is -0.964. The molecule has 6 nitrogen and oxygen atoms in total. The number of amides is 1. The van der Waals surface area contributed by atoms with E-state index in [0.29, 0.717) is 39.0 Å². The first-order chi connectivity index (χ1) is 13.0. The molecule has 0 radical (unpaired) electrons. The zero-order valence-electron chi connectivity index (χ0n) is 15.5. The molecule has 0 bridgehead atoms. The van der Waals surface area contributed by atoms with Crippen LogP contribution in [0.25, 0.3) is 0 Å². The van der Waals surface area contributed by atoms with E-state index < -0.39 is 5.97 Å². The van der Waals surface area contributed by atoms with Gasteiger partial charge in [-0.15, -0.1) is 0 Å². The third-order valence-corrected chi connectivity index (χ3v) is 5.35. The summed E-state index contributed by atoms with van der Waals surface area (Å²) in [5.41, 5.74) is 0.930. The third-order valence-electron chi connectivity index (χ3n) is 5.35. The molecule has 1 amide bonds. The Balaban J connectivity index is 1.48. The molecule has 7 heteroatoms. The van der Waals surface area contributed by atoms with Gasteiger partial charge in [0.05, 0.1) is 12.0 Å². The van der Waals surface area contributed by atoms with E-state index in [4.69, 9.17) is 9.84 Å². The maximum absolute atomic E-state index is 13.4. The quantitative estimate of drug-likeness (QED) is 0.821. The number of hydrogen-bond acceptors (Lipinski definition) is 4. The molecule has 1 aromatic carbocycles. The SMILES string of the molecule is O=C(O)COC1CCN(C(=O)C2CCCN(Cc3cccc(F)c3)C2)CC1. The van der Waals surface area contributed by atoms with Crippen molar-refractivity contribution < 1.29 is 23.8 Å². The van der Waals surface area contributed by atoms with E-state index in [2.05, 4.69) is 4.90 Å². The van der Waals surface area contributed by atoms with Gasteiger partial charge in [-0.3, -0.25) is 9.69 Å². The average molecular weight is 378 g/mol. The molecular weight excluding hydrogens is 351 g/mol. The molecule has 27 heavy (non-hydrogen) atoms. The lowest BCUT2D eigenvalue weighted by molar-refractivity contribution is -0.148. The van der Waals surface area contributed by atoms with E-state index in [-0.39, 0.29) is 30.4 Å². The minimum absolute atomic E-state index is 0.0243. The molecule has 1 N–H and O–H groups in total. The van der Waals surface area contributed by atoms with Crippen LogP contribution in [0.2, 0.25) is 0 Å². The van der Waals surface area contributed by atoms with Gasteiger partial charge in [0.25, 0.3) is 0 Å². The number of halogens is 1. The van der Waals surface area contributed by atoms with Crippen molar-refractivity contribution in [2.24, 2.45) is 5.92 Å². The van der Waals surface area contributed by atoms with Crippen molar-refractivity contribution in [3.8, 4) is 0 Å². The molecule has 0 aromatic heterocycles. The number of aliphatic carboxylic acids is 1. The Kier molecular flexibility index (Phi) is 6.79. The molecule has 2 aliphatic rings. The second-order valence-corrected chi connectivity index (χ2v) is 7.43. The molecular formula is C20H27FN2O4. The lowest BCUT2D eigenvalue weighted by Crippen LogP contribution is -2.48. The fraction of sp³-hybridized carbons (Fsp3) is 0.600. The second-order valence-electron chi connectivity index (χ2n) is 7.43. The number of carbonyl (C=O) groups is 2. The molecule has 3 rings (SSSR count). The van der Waals surface area contributed by atoms with E-state index in [1.807, 2.05) is 11.0 Å². The summed E-state index contributed by atoms with van der Waals surface area (Å²) in [6.07, 6.45) is 3.12. The number of likely N-dealkylation sites (tertiary alicyclic amines) is 2. The van der Waals surface area contributed by atoms with Crippen LogP contribution < -0.4 is 0 Å². The Hall–Kier alpha value is -1.99. The van der Waals surface area contributed by atoms with Gasteiger partial charge in [-0.05, 0) is 49.9 Å². The van der Waals surface area contributed by atoms with Crippen molar-refractivity contribution in [3.05, 3.63) is 35.6 Å². The summed E-state index contributed by atoms with van der Waals surface area (Å²) < 4.78 is 18.7. The Bertz CT molecular complexity index is 661. The summed E-state index contributed by atoms with van der Waals surface area (Å²) in [6, 6.07) is 6.62. The van der Waals surface area contributed by atoms with Crippen molar-refractivity contribution in [2.45, 2.75) is 38.3 Å². The van der Waals surface area contributed by atoms with E-state index in [1.54, 1.807) is 12.1 Å². The molecule has 148 valence electrons. The highest BCUT2D eigenvalue weighted by atomic mass is 19.1. The molecule has 2 fully saturated rings. The van der Waals surface area contributed by atoms with Gasteiger partial charge in [-0.1, -0.05) is 12.1 Å². The van der Waals surface area contributed by atoms with Crippen LogP contribution in [-0.4, -0.2) is 65.7 Å². The summed E-state index contributed by atoms with van der Waals surface area (Å²) in [4.78, 5) is 27.6. The van der Waals surface area contributed by atoms with Crippen molar-refractivity contribution in [1.29, 1.82) is 0 Å². The second kappa shape index (κ2) is 9.28. The number of nitrogens with zero attached hydrogens (tertiary/aromatic N) is 2. The van der Waals surface area contributed by atoms with Gasteiger partial charge in [0.15, 0.2) is 0 Å². The van der Waals surface area contributed by atoms with E-state index in [1.165, 1.54) is 6.07 Å². The van der Waals surface area contributed by atoms with Crippen LogP contribution in [0.3, 0.4) is 0 Å². The van der Waals surface area contributed by atoms with Gasteiger partial charge in [0.2, 0.25) is 5.91 Å². The number of piperidine rings is 2. The first-order valence-electron chi connectivity index (χ1n) is 9.60. The minimum Gasteiger partial charge on any atom is -0.480 e. The molecule has 1 aromatic rings. The number of ether oxygens (including phenoxy) is 1. The zero-order chi connectivity index (χ0) is 19.2. The van der Waals surface area contributed by atoms with Crippen LogP contribution in [0.15, 0.2) is 24.3 Å². The lowest BCUT2D eigenvalue weighted by Gasteiger charge is -2.37. The molecule has 0 aliphatic carbocycles. The van der Waals surface area contributed by atoms with Gasteiger partial charge >= 0.3 is 5.97 Å². The predicted octanol–water partition coefficient (Wildman–Crippen LogP) is 2.13. The van der Waals surface area contributed by atoms with Gasteiger partial charge < -0.3 is 14.7 Å². The topological polar surface area (TPSA) is 70.1 Å². The summed E-state index contributed by atoms with van der Waals surface area (Å²) >= 11 is 0. The smallest absolute Gasteiger partial charge is 0.329 e. The molecule has 2 saturated heterocycles. The van der Waals surface area contributed by atoms with Crippen LogP contribution in [0.1, 0.15) is 31.2 Å². The number of carboxylic acid groups (broad SMARTS) is 1. The van der Waals surface area contributed by atoms with E-state index in [9.17, 15) is 14.0 Å². The fourth-order valence-electron chi connectivity index (χ4n) is 3.98. The summed E-state index contributed by atoms with van der Waals surface area (Å²) in [5.74, 6) is -1.04. The van der Waals surface area contributed by atoms with Crippen molar-refractivity contribution in [2.75, 3.05) is 32.8 Å². The number of rotatable bonds is 6. The zero-order valence-corrected chi connectivity index (χ0v) is 15.5. The highest BCUT2D eigenvalue weighted by Gasteiger charge is 2.31. The van der Waals surface area contributed by atoms with E-state index >= 15 is 0 Å². The fourth-order valence-corrected chi connectivity index (χ4v) is 3.98. The molecule has 1 unspecified atom stereocenters. The largest absolute Gasteiger partial charge is 0.480 e. The Morgan fingerprint density at radius 2 is 1.96 bits per heavy atom. The van der Waals surface area contributed by atoms with Crippen LogP contribution in [-0.2, 0) is 20.9 Å². The number of carbonyl (C=O) groups excluding carboxylic acids is 1. The van der Waals surface area contributed by atoms with Crippen LogP contribution in [0.5, 0.6) is 0 Å². The van der Waals surface area contributed by atoms with Gasteiger partial charge in [0.1, 0.15) is 12.4 Å². The Morgan fingerprint density at radius 1 is 1.19 bits per heavy atom. The Labute approximate surface area is 158 Å². The van der Waals surface area contributed by atoms with Crippen molar-refractivity contribution >= 4 is 11.9 Å². The van der Waals surface area contributed by atoms with Gasteiger partial charge in [0, 0.05) is 26.2 Å². The number of benzene rings is 1. The molecule has 1 atom stereocenters. The van der Waals surface area contributed by atoms with Crippen LogP contribution in [0, 0.1) is 11.7 Å². The predicted molar refractivity (Wildman–Crippen MR) is 97.6 cm³/mol. The third kappa shape index (κ3) is 5.74. The van der Waals surface area contributed by atoms with Crippen molar-refractivity contribution in [1.82, 2.24) is 9.80 Å². The number of carboxylic acids is 1. The van der Waals surface area contributed by atoms with Crippen molar-refractivity contribution in [3.63, 3.8) is 0 Å². The first kappa shape index (κ1) is 19.8. The highest BCUT2D eigenvalue weighted by Crippen LogP contribution is 2.23. The maximum atomic E-state index is 13.4. The summed E-state index contributed by atoms with van der Waals surface area (Å²) in [7, 11) is 0. The lowest BCUT2D eigenvalue weighted by atomic mass is 9.95. The van der Waals surface area contributed by atoms with Gasteiger partial charge in [-0.25, -0.2) is 9.18 Å². The van der Waals surface area contributed by atoms with Crippen LogP contribution >= 0.6 is 0 Å². The molecule has 0 spiro atoms. The molecule has 2 heterocycles. The van der Waals surface area contributed by atoms with E-state index in [0.717, 1.165) is 24.9 Å². The highest BCUT2D eigenvalue weighted by molar-refractivity contribution is 5.79. The normalized spacial score (nSPS) is 22.0. The average Bonchev–Trinajstić information content (AvgIpc) is 2.66. The Morgan fingerprint density at radius 3 is 2.67 bits per heavy atom. The summed E-state index contributed by atoms with van der Waals surface area (Å²) in [5, 5.41) is 8.69. The van der Waals surface area contributed by atoms with Gasteiger partial charge in [-0.2, -0.15) is 0 Å². The summed E-state index contributed by atoms with van der Waals surface area (Å²) in [6.45, 7) is 3.23.